The molecule has 1 aliphatic rings. The van der Waals surface area contributed by atoms with Crippen molar-refractivity contribution < 1.29 is 19.1 Å². The van der Waals surface area contributed by atoms with Gasteiger partial charge in [-0.25, -0.2) is 19.9 Å². The number of imidazole rings is 4. The van der Waals surface area contributed by atoms with Crippen LogP contribution in [0.3, 0.4) is 0 Å². The molecule has 1 saturated heterocycles. The van der Waals surface area contributed by atoms with Crippen molar-refractivity contribution in [3.63, 3.8) is 0 Å². The van der Waals surface area contributed by atoms with Gasteiger partial charge < -0.3 is 37.5 Å². The molecule has 308 valence electrons. The predicted octanol–water partition coefficient (Wildman–Crippen LogP) is 2.45. The first-order valence-corrected chi connectivity index (χ1v) is 20.0. The molecule has 0 N–H and O–H groups in total. The molecule has 2 atom stereocenters. The van der Waals surface area contributed by atoms with E-state index in [1.807, 2.05) is 96.3 Å². The van der Waals surface area contributed by atoms with Gasteiger partial charge in [-0.15, -0.1) is 0 Å². The van der Waals surface area contributed by atoms with E-state index in [0.29, 0.717) is 38.8 Å². The maximum absolute atomic E-state index is 12.5. The van der Waals surface area contributed by atoms with Crippen LogP contribution in [0.4, 0.5) is 0 Å². The van der Waals surface area contributed by atoms with Gasteiger partial charge in [-0.1, -0.05) is 0 Å². The lowest BCUT2D eigenvalue weighted by Crippen LogP contribution is -2.47. The fraction of sp³-hybridized carbons (Fsp3) is 0.650. The van der Waals surface area contributed by atoms with E-state index in [0.717, 1.165) is 101 Å². The van der Waals surface area contributed by atoms with Gasteiger partial charge in [0.1, 0.15) is 11.6 Å². The molecule has 4 aromatic rings. The number of unbranched alkanes of at least 4 members (excludes halogenated alkanes) is 2. The number of ether oxygens (including phenoxy) is 2. The quantitative estimate of drug-likeness (QED) is 0.0764. The number of carbonyl (C=O) groups is 2. The van der Waals surface area contributed by atoms with Gasteiger partial charge in [-0.2, -0.15) is 0 Å². The lowest BCUT2D eigenvalue weighted by molar-refractivity contribution is -0.143. The van der Waals surface area contributed by atoms with Crippen LogP contribution in [0.15, 0.2) is 49.8 Å². The average molecular weight is 777 g/mol. The topological polar surface area (TPSA) is 137 Å². The Morgan fingerprint density at radius 2 is 1.05 bits per heavy atom. The van der Waals surface area contributed by atoms with E-state index in [9.17, 15) is 9.59 Å². The third kappa shape index (κ3) is 13.4. The number of hydrogen-bond acceptors (Lipinski definition) is 12. The highest BCUT2D eigenvalue weighted by atomic mass is 16.5. The molecule has 16 heteroatoms. The van der Waals surface area contributed by atoms with Crippen LogP contribution in [0.2, 0.25) is 0 Å². The molecule has 0 amide bonds. The standard InChI is InChI=1S/C40H64N12O4/c1-45-27-33(43-31-45)23-35(25-39(53)55-5)51(29-37-41-11-17-47(37)3)15-9-7-13-49-19-21-50(22-20-49)14-8-10-16-52(30-38-42-12-18-48(38)4)36(26-40(54)56-6)24-34-28-46(2)32-44-34/h11-12,17-18,27-28,31-32,35-36H,7-10,13-16,19-26,29-30H2,1-6H3/t35-,36-/m0/s1. The molecule has 0 bridgehead atoms. The molecular weight excluding hydrogens is 713 g/mol. The first kappa shape index (κ1) is 42.8. The van der Waals surface area contributed by atoms with E-state index in [1.165, 1.54) is 14.2 Å². The van der Waals surface area contributed by atoms with Crippen molar-refractivity contribution in [1.29, 1.82) is 0 Å². The van der Waals surface area contributed by atoms with Gasteiger partial charge in [0.05, 0.1) is 64.2 Å². The summed E-state index contributed by atoms with van der Waals surface area (Å²) in [5.41, 5.74) is 1.93. The summed E-state index contributed by atoms with van der Waals surface area (Å²) in [6.45, 7) is 9.44. The van der Waals surface area contributed by atoms with E-state index < -0.39 is 0 Å². The highest BCUT2D eigenvalue weighted by Crippen LogP contribution is 2.19. The summed E-state index contributed by atoms with van der Waals surface area (Å²) in [5, 5.41) is 0. The molecule has 5 heterocycles. The summed E-state index contributed by atoms with van der Waals surface area (Å²) in [5.74, 6) is 1.53. The fourth-order valence-corrected chi connectivity index (χ4v) is 7.62. The minimum atomic E-state index is -0.209. The second-order valence-electron chi connectivity index (χ2n) is 15.3. The number of rotatable bonds is 24. The van der Waals surface area contributed by atoms with Crippen LogP contribution in [-0.4, -0.2) is 148 Å². The molecule has 5 rings (SSSR count). The Kier molecular flexibility index (Phi) is 16.6. The molecule has 56 heavy (non-hydrogen) atoms. The summed E-state index contributed by atoms with van der Waals surface area (Å²) < 4.78 is 18.2. The molecule has 16 nitrogen and oxygen atoms in total. The molecule has 0 spiro atoms. The van der Waals surface area contributed by atoms with Crippen LogP contribution in [-0.2, 0) is 73.2 Å². The van der Waals surface area contributed by atoms with E-state index in [4.69, 9.17) is 9.47 Å². The summed E-state index contributed by atoms with van der Waals surface area (Å²) in [7, 11) is 10.9. The molecular formula is C40H64N12O4. The first-order chi connectivity index (χ1) is 27.1. The van der Waals surface area contributed by atoms with Crippen molar-refractivity contribution in [2.45, 2.75) is 76.5 Å². The maximum atomic E-state index is 12.5. The zero-order valence-corrected chi connectivity index (χ0v) is 34.5. The third-order valence-electron chi connectivity index (χ3n) is 11.0. The predicted molar refractivity (Wildman–Crippen MR) is 213 cm³/mol. The lowest BCUT2D eigenvalue weighted by Gasteiger charge is -2.35. The van der Waals surface area contributed by atoms with Gasteiger partial charge in [0.25, 0.3) is 0 Å². The molecule has 0 radical (unpaired) electrons. The number of piperazine rings is 1. The van der Waals surface area contributed by atoms with Crippen LogP contribution in [0, 0.1) is 0 Å². The monoisotopic (exact) mass is 777 g/mol. The number of aryl methyl sites for hydroxylation is 4. The molecule has 1 fully saturated rings. The first-order valence-electron chi connectivity index (χ1n) is 20.0. The maximum Gasteiger partial charge on any atom is 0.307 e. The van der Waals surface area contributed by atoms with Crippen molar-refractivity contribution >= 4 is 11.9 Å². The minimum absolute atomic E-state index is 0.0425. The number of aromatic nitrogens is 8. The van der Waals surface area contributed by atoms with Crippen molar-refractivity contribution in [3.05, 3.63) is 72.9 Å². The zero-order chi connectivity index (χ0) is 39.9. The molecule has 0 aliphatic carbocycles. The van der Waals surface area contributed by atoms with Gasteiger partial charge in [0.2, 0.25) is 0 Å². The van der Waals surface area contributed by atoms with Gasteiger partial charge >= 0.3 is 11.9 Å². The van der Waals surface area contributed by atoms with Crippen LogP contribution in [0.1, 0.15) is 61.6 Å². The largest absolute Gasteiger partial charge is 0.469 e. The highest BCUT2D eigenvalue weighted by molar-refractivity contribution is 5.70. The SMILES string of the molecule is COC(=O)C[C@H](Cc1cn(C)cn1)N(CCCCN1CCN(CCCCN(Cc2nccn2C)[C@H](CC(=O)OC)Cc2cn(C)cn2)CC1)Cc1nccn1C. The molecule has 0 unspecified atom stereocenters. The minimum Gasteiger partial charge on any atom is -0.469 e. The van der Waals surface area contributed by atoms with Crippen LogP contribution < -0.4 is 0 Å². The molecule has 0 saturated carbocycles. The molecule has 0 aromatic carbocycles. The van der Waals surface area contributed by atoms with E-state index >= 15 is 0 Å². The molecule has 4 aromatic heterocycles. The third-order valence-corrected chi connectivity index (χ3v) is 11.0. The number of esters is 2. The number of carbonyl (C=O) groups excluding carboxylic acids is 2. The van der Waals surface area contributed by atoms with E-state index in [1.54, 1.807) is 0 Å². The Morgan fingerprint density at radius 1 is 0.643 bits per heavy atom. The van der Waals surface area contributed by atoms with Gasteiger partial charge in [-0.05, 0) is 51.9 Å². The summed E-state index contributed by atoms with van der Waals surface area (Å²) in [4.78, 5) is 53.3. The van der Waals surface area contributed by atoms with E-state index in [2.05, 4.69) is 39.5 Å². The van der Waals surface area contributed by atoms with Crippen LogP contribution >= 0.6 is 0 Å². The molecule has 1 aliphatic heterocycles. The Hall–Kier alpha value is -4.38. The van der Waals surface area contributed by atoms with Crippen molar-refractivity contribution in [2.24, 2.45) is 28.2 Å². The number of hydrogen-bond donors (Lipinski definition) is 0. The van der Waals surface area contributed by atoms with Crippen LogP contribution in [0.25, 0.3) is 0 Å². The fourth-order valence-electron chi connectivity index (χ4n) is 7.62. The summed E-state index contributed by atoms with van der Waals surface area (Å²) in [6.07, 6.45) is 21.4. The smallest absolute Gasteiger partial charge is 0.307 e. The Labute approximate surface area is 332 Å². The summed E-state index contributed by atoms with van der Waals surface area (Å²) >= 11 is 0. The van der Waals surface area contributed by atoms with Crippen molar-refractivity contribution in [2.75, 3.05) is 66.6 Å². The second kappa shape index (κ2) is 21.8. The Morgan fingerprint density at radius 3 is 1.38 bits per heavy atom. The second-order valence-corrected chi connectivity index (χ2v) is 15.3. The van der Waals surface area contributed by atoms with Gasteiger partial charge in [0.15, 0.2) is 0 Å². The average Bonchev–Trinajstić information content (AvgIpc) is 4.00. The van der Waals surface area contributed by atoms with Crippen molar-refractivity contribution in [1.82, 2.24) is 57.8 Å². The Balaban J connectivity index is 1.08. The van der Waals surface area contributed by atoms with Crippen LogP contribution in [0.5, 0.6) is 0 Å². The zero-order valence-electron chi connectivity index (χ0n) is 34.5. The number of nitrogens with zero attached hydrogens (tertiary/aromatic N) is 12. The van der Waals surface area contributed by atoms with Gasteiger partial charge in [0, 0.05) is 116 Å². The summed E-state index contributed by atoms with van der Waals surface area (Å²) in [6, 6.07) is -0.0850. The number of methoxy groups -OCH3 is 2. The van der Waals surface area contributed by atoms with Gasteiger partial charge in [-0.3, -0.25) is 19.4 Å². The lowest BCUT2D eigenvalue weighted by atomic mass is 10.1. The Bertz CT molecular complexity index is 1630. The normalized spacial score (nSPS) is 15.1. The highest BCUT2D eigenvalue weighted by Gasteiger charge is 2.27. The van der Waals surface area contributed by atoms with Crippen molar-refractivity contribution in [3.8, 4) is 0 Å². The van der Waals surface area contributed by atoms with E-state index in [-0.39, 0.29) is 24.0 Å².